The highest BCUT2D eigenvalue weighted by molar-refractivity contribution is 6.02. The summed E-state index contributed by atoms with van der Waals surface area (Å²) in [6.07, 6.45) is 4.78. The second-order valence-electron chi connectivity index (χ2n) is 5.88. The molecule has 3 rings (SSSR count). The van der Waals surface area contributed by atoms with E-state index in [1.165, 1.54) is 19.2 Å². The molecule has 0 saturated carbocycles. The number of aromatic amines is 1. The fourth-order valence-electron chi connectivity index (χ4n) is 3.39. The average Bonchev–Trinajstić information content (AvgIpc) is 2.95. The number of imidazole rings is 1. The fraction of sp³-hybridized carbons (Fsp3) is 0.643. The normalized spacial score (nSPS) is 26.4. The number of rotatable bonds is 2. The maximum Gasteiger partial charge on any atom is 0.354 e. The van der Waals surface area contributed by atoms with E-state index in [0.717, 1.165) is 19.5 Å². The highest BCUT2D eigenvalue weighted by atomic mass is 16.4. The number of nitrogens with zero attached hydrogens (tertiary/aromatic N) is 3. The monoisotopic (exact) mass is 292 g/mol. The van der Waals surface area contributed by atoms with Crippen LogP contribution >= 0.6 is 0 Å². The lowest BCUT2D eigenvalue weighted by Crippen LogP contribution is -2.60. The van der Waals surface area contributed by atoms with Gasteiger partial charge in [0.15, 0.2) is 11.4 Å². The maximum atomic E-state index is 12.6. The highest BCUT2D eigenvalue weighted by Gasteiger charge is 2.37. The molecule has 0 spiro atoms. The summed E-state index contributed by atoms with van der Waals surface area (Å²) in [5.74, 6) is -1.44. The number of piperazine rings is 1. The van der Waals surface area contributed by atoms with E-state index in [4.69, 9.17) is 5.11 Å². The predicted molar refractivity (Wildman–Crippen MR) is 75.3 cm³/mol. The van der Waals surface area contributed by atoms with Crippen molar-refractivity contribution in [1.82, 2.24) is 19.8 Å². The van der Waals surface area contributed by atoms with Crippen LogP contribution < -0.4 is 0 Å². The minimum Gasteiger partial charge on any atom is -0.477 e. The Hall–Kier alpha value is -1.89. The topological polar surface area (TPSA) is 89.5 Å². The van der Waals surface area contributed by atoms with Gasteiger partial charge in [-0.1, -0.05) is 6.42 Å². The molecule has 7 nitrogen and oxygen atoms in total. The molecule has 2 aliphatic rings. The van der Waals surface area contributed by atoms with Crippen molar-refractivity contribution in [1.29, 1.82) is 0 Å². The van der Waals surface area contributed by atoms with E-state index in [1.807, 2.05) is 6.92 Å². The van der Waals surface area contributed by atoms with Crippen LogP contribution in [0.25, 0.3) is 0 Å². The van der Waals surface area contributed by atoms with Crippen LogP contribution in [-0.2, 0) is 0 Å². The third-order valence-electron chi connectivity index (χ3n) is 4.50. The number of carbonyl (C=O) groups excluding carboxylic acids is 1. The Morgan fingerprint density at radius 1 is 1.38 bits per heavy atom. The van der Waals surface area contributed by atoms with Crippen molar-refractivity contribution in [2.45, 2.75) is 38.3 Å². The van der Waals surface area contributed by atoms with Gasteiger partial charge in [0.1, 0.15) is 0 Å². The molecule has 2 fully saturated rings. The molecule has 0 aromatic carbocycles. The summed E-state index contributed by atoms with van der Waals surface area (Å²) in [4.78, 5) is 34.4. The summed E-state index contributed by atoms with van der Waals surface area (Å²) in [5, 5.41) is 9.10. The molecule has 1 aromatic heterocycles. The summed E-state index contributed by atoms with van der Waals surface area (Å²) in [6, 6.07) is 0.469. The molecule has 0 radical (unpaired) electrons. The van der Waals surface area contributed by atoms with E-state index < -0.39 is 5.97 Å². The van der Waals surface area contributed by atoms with Gasteiger partial charge in [0.25, 0.3) is 5.91 Å². The number of carboxylic acids is 1. The molecule has 7 heteroatoms. The first kappa shape index (κ1) is 14.1. The predicted octanol–water partition coefficient (Wildman–Crippen LogP) is 0.807. The van der Waals surface area contributed by atoms with Gasteiger partial charge in [-0.2, -0.15) is 0 Å². The molecule has 0 bridgehead atoms. The summed E-state index contributed by atoms with van der Waals surface area (Å²) < 4.78 is 0. The first-order chi connectivity index (χ1) is 10.1. The lowest BCUT2D eigenvalue weighted by Gasteiger charge is -2.47. The quantitative estimate of drug-likeness (QED) is 0.842. The second-order valence-corrected chi connectivity index (χ2v) is 5.88. The molecule has 2 saturated heterocycles. The summed E-state index contributed by atoms with van der Waals surface area (Å²) in [6.45, 7) is 4.62. The third-order valence-corrected chi connectivity index (χ3v) is 4.50. The van der Waals surface area contributed by atoms with Gasteiger partial charge in [0, 0.05) is 25.2 Å². The Kier molecular flexibility index (Phi) is 3.67. The Morgan fingerprint density at radius 2 is 2.19 bits per heavy atom. The van der Waals surface area contributed by atoms with E-state index in [-0.39, 0.29) is 23.3 Å². The van der Waals surface area contributed by atoms with Gasteiger partial charge in [0.05, 0.1) is 6.33 Å². The van der Waals surface area contributed by atoms with E-state index in [0.29, 0.717) is 12.6 Å². The number of aromatic nitrogens is 2. The number of hydrogen-bond acceptors (Lipinski definition) is 4. The van der Waals surface area contributed by atoms with Crippen molar-refractivity contribution in [2.24, 2.45) is 0 Å². The second kappa shape index (κ2) is 5.48. The van der Waals surface area contributed by atoms with Crippen LogP contribution in [-0.4, -0.2) is 68.5 Å². The lowest BCUT2D eigenvalue weighted by atomic mass is 9.97. The maximum absolute atomic E-state index is 12.6. The number of amides is 1. The minimum absolute atomic E-state index is 0.0126. The van der Waals surface area contributed by atoms with Crippen LogP contribution in [0.4, 0.5) is 0 Å². The Morgan fingerprint density at radius 3 is 2.95 bits per heavy atom. The first-order valence-electron chi connectivity index (χ1n) is 7.39. The number of nitrogens with one attached hydrogen (secondary N) is 1. The molecule has 2 aliphatic heterocycles. The fourth-order valence-corrected chi connectivity index (χ4v) is 3.39. The Labute approximate surface area is 122 Å². The number of aromatic carboxylic acids is 1. The highest BCUT2D eigenvalue weighted by Crippen LogP contribution is 2.25. The van der Waals surface area contributed by atoms with Crippen molar-refractivity contribution in [3.63, 3.8) is 0 Å². The summed E-state index contributed by atoms with van der Waals surface area (Å²) in [7, 11) is 0. The SMILES string of the molecule is CC1CN2CCCCC2CN1C(=O)c1nc[nH]c1C(=O)O. The van der Waals surface area contributed by atoms with E-state index in [2.05, 4.69) is 14.9 Å². The number of fused-ring (bicyclic) bond motifs is 1. The zero-order chi connectivity index (χ0) is 15.0. The molecule has 1 amide bonds. The number of carboxylic acid groups (broad SMARTS) is 1. The third kappa shape index (κ3) is 2.53. The minimum atomic E-state index is -1.15. The van der Waals surface area contributed by atoms with Crippen molar-refractivity contribution < 1.29 is 14.7 Å². The number of hydrogen-bond donors (Lipinski definition) is 2. The van der Waals surface area contributed by atoms with Gasteiger partial charge in [-0.3, -0.25) is 9.69 Å². The Bertz CT molecular complexity index is 556. The van der Waals surface area contributed by atoms with Crippen molar-refractivity contribution in [3.05, 3.63) is 17.7 Å². The summed E-state index contributed by atoms with van der Waals surface area (Å²) in [5.41, 5.74) is -0.114. The smallest absolute Gasteiger partial charge is 0.354 e. The molecule has 0 aliphatic carbocycles. The molecule has 2 N–H and O–H groups in total. The van der Waals surface area contributed by atoms with Gasteiger partial charge in [-0.05, 0) is 26.3 Å². The number of carbonyl (C=O) groups is 2. The van der Waals surface area contributed by atoms with Gasteiger partial charge in [0.2, 0.25) is 0 Å². The van der Waals surface area contributed by atoms with Crippen molar-refractivity contribution in [2.75, 3.05) is 19.6 Å². The van der Waals surface area contributed by atoms with E-state index >= 15 is 0 Å². The van der Waals surface area contributed by atoms with Gasteiger partial charge < -0.3 is 15.0 Å². The van der Waals surface area contributed by atoms with Gasteiger partial charge >= 0.3 is 5.97 Å². The molecule has 114 valence electrons. The van der Waals surface area contributed by atoms with Crippen LogP contribution in [0.5, 0.6) is 0 Å². The van der Waals surface area contributed by atoms with Gasteiger partial charge in [-0.15, -0.1) is 0 Å². The molecule has 21 heavy (non-hydrogen) atoms. The molecular formula is C14H20N4O3. The summed E-state index contributed by atoms with van der Waals surface area (Å²) >= 11 is 0. The standard InChI is InChI=1S/C14H20N4O3/c1-9-6-17-5-3-2-4-10(17)7-18(9)13(19)11-12(14(20)21)16-8-15-11/h8-10H,2-7H2,1H3,(H,15,16)(H,20,21). The van der Waals surface area contributed by atoms with Crippen LogP contribution in [0.2, 0.25) is 0 Å². The molecule has 3 heterocycles. The first-order valence-corrected chi connectivity index (χ1v) is 7.39. The zero-order valence-corrected chi connectivity index (χ0v) is 12.1. The zero-order valence-electron chi connectivity index (χ0n) is 12.1. The molecule has 2 atom stereocenters. The van der Waals surface area contributed by atoms with E-state index in [1.54, 1.807) is 4.90 Å². The van der Waals surface area contributed by atoms with Crippen LogP contribution in [0, 0.1) is 0 Å². The molecule has 2 unspecified atom stereocenters. The van der Waals surface area contributed by atoms with Crippen LogP contribution in [0.3, 0.4) is 0 Å². The van der Waals surface area contributed by atoms with Gasteiger partial charge in [-0.25, -0.2) is 9.78 Å². The lowest BCUT2D eigenvalue weighted by molar-refractivity contribution is 0.0146. The van der Waals surface area contributed by atoms with Crippen molar-refractivity contribution >= 4 is 11.9 Å². The van der Waals surface area contributed by atoms with Crippen LogP contribution in [0.15, 0.2) is 6.33 Å². The van der Waals surface area contributed by atoms with Crippen LogP contribution in [0.1, 0.15) is 47.2 Å². The number of piperidine rings is 1. The van der Waals surface area contributed by atoms with Crippen molar-refractivity contribution in [3.8, 4) is 0 Å². The Balaban J connectivity index is 1.80. The van der Waals surface area contributed by atoms with E-state index in [9.17, 15) is 9.59 Å². The average molecular weight is 292 g/mol. The molecule has 1 aromatic rings. The number of H-pyrrole nitrogens is 1. The largest absolute Gasteiger partial charge is 0.477 e. The molecular weight excluding hydrogens is 272 g/mol.